The standard InChI is InChI=1S/C26H24ClNO5/c1-3-31-21-13-7-17(8-14-21)23-24(33-22-15-9-19(27)10-16-22)25(29)28(23)20-11-5-18(6-12-20)26(30)32-4-2/h5-16,23-24H,3-4H2,1-2H3/t23-,24-/m1/s1. The summed E-state index contributed by atoms with van der Waals surface area (Å²) in [5.41, 5.74) is 2.01. The van der Waals surface area contributed by atoms with Crippen LogP contribution in [0.5, 0.6) is 11.5 Å². The number of benzene rings is 3. The average Bonchev–Trinajstić information content (AvgIpc) is 2.83. The molecule has 1 aliphatic rings. The molecule has 0 saturated carbocycles. The maximum atomic E-state index is 13.2. The molecule has 3 aromatic rings. The van der Waals surface area contributed by atoms with Gasteiger partial charge in [0.2, 0.25) is 6.10 Å². The van der Waals surface area contributed by atoms with Gasteiger partial charge in [0.05, 0.1) is 18.8 Å². The first-order chi connectivity index (χ1) is 16.0. The third kappa shape index (κ3) is 4.81. The third-order valence-electron chi connectivity index (χ3n) is 5.31. The molecule has 0 spiro atoms. The molecule has 170 valence electrons. The van der Waals surface area contributed by atoms with Crippen molar-refractivity contribution in [1.29, 1.82) is 0 Å². The lowest BCUT2D eigenvalue weighted by molar-refractivity contribution is -0.135. The summed E-state index contributed by atoms with van der Waals surface area (Å²) >= 11 is 5.97. The van der Waals surface area contributed by atoms with E-state index in [0.717, 1.165) is 11.3 Å². The SMILES string of the molecule is CCOC(=O)c1ccc(N2C(=O)[C@H](Oc3ccc(Cl)cc3)[C@H]2c2ccc(OCC)cc2)cc1. The number of nitrogens with zero attached hydrogens (tertiary/aromatic N) is 1. The summed E-state index contributed by atoms with van der Waals surface area (Å²) in [5.74, 6) is 0.747. The lowest BCUT2D eigenvalue weighted by Gasteiger charge is -2.46. The molecule has 3 aromatic carbocycles. The minimum absolute atomic E-state index is 0.173. The summed E-state index contributed by atoms with van der Waals surface area (Å²) in [4.78, 5) is 26.8. The zero-order valence-electron chi connectivity index (χ0n) is 18.4. The Labute approximate surface area is 197 Å². The van der Waals surface area contributed by atoms with Crippen LogP contribution in [0.15, 0.2) is 72.8 Å². The number of rotatable bonds is 8. The van der Waals surface area contributed by atoms with Gasteiger partial charge in [-0.3, -0.25) is 9.69 Å². The van der Waals surface area contributed by atoms with Crippen molar-refractivity contribution in [2.45, 2.75) is 26.0 Å². The van der Waals surface area contributed by atoms with Crippen LogP contribution in [0.4, 0.5) is 5.69 Å². The summed E-state index contributed by atoms with van der Waals surface area (Å²) in [6.07, 6.45) is -0.700. The van der Waals surface area contributed by atoms with Crippen molar-refractivity contribution in [2.24, 2.45) is 0 Å². The molecule has 6 nitrogen and oxygen atoms in total. The molecule has 0 aliphatic carbocycles. The Hall–Kier alpha value is -3.51. The van der Waals surface area contributed by atoms with Gasteiger partial charge in [0.1, 0.15) is 17.5 Å². The monoisotopic (exact) mass is 465 g/mol. The van der Waals surface area contributed by atoms with Crippen LogP contribution in [0.3, 0.4) is 0 Å². The van der Waals surface area contributed by atoms with Crippen LogP contribution in [0.1, 0.15) is 35.8 Å². The van der Waals surface area contributed by atoms with Crippen molar-refractivity contribution in [3.05, 3.63) is 88.9 Å². The number of hydrogen-bond donors (Lipinski definition) is 0. The number of anilines is 1. The first-order valence-corrected chi connectivity index (χ1v) is 11.1. The number of hydrogen-bond acceptors (Lipinski definition) is 5. The summed E-state index contributed by atoms with van der Waals surface area (Å²) in [6, 6.07) is 21.0. The number of carbonyl (C=O) groups excluding carboxylic acids is 2. The van der Waals surface area contributed by atoms with E-state index in [1.165, 1.54) is 0 Å². The van der Waals surface area contributed by atoms with Crippen LogP contribution < -0.4 is 14.4 Å². The molecule has 0 radical (unpaired) electrons. The van der Waals surface area contributed by atoms with Gasteiger partial charge in [-0.25, -0.2) is 4.79 Å². The molecular formula is C26H24ClNO5. The van der Waals surface area contributed by atoms with Gasteiger partial charge in [0.25, 0.3) is 5.91 Å². The Morgan fingerprint density at radius 3 is 2.12 bits per heavy atom. The molecule has 0 unspecified atom stereocenters. The molecule has 1 amide bonds. The number of β-lactam (4-membered cyclic amide) rings is 1. The maximum Gasteiger partial charge on any atom is 0.338 e. The number of amides is 1. The van der Waals surface area contributed by atoms with Gasteiger partial charge in [-0.1, -0.05) is 23.7 Å². The minimum Gasteiger partial charge on any atom is -0.494 e. The molecule has 4 rings (SSSR count). The predicted molar refractivity (Wildman–Crippen MR) is 126 cm³/mol. The van der Waals surface area contributed by atoms with Gasteiger partial charge >= 0.3 is 5.97 Å². The van der Waals surface area contributed by atoms with Crippen molar-refractivity contribution in [2.75, 3.05) is 18.1 Å². The minimum atomic E-state index is -0.700. The Balaban J connectivity index is 1.62. The van der Waals surface area contributed by atoms with Crippen molar-refractivity contribution >= 4 is 29.2 Å². The molecule has 0 aromatic heterocycles. The second-order valence-electron chi connectivity index (χ2n) is 7.41. The van der Waals surface area contributed by atoms with Crippen LogP contribution in [0.25, 0.3) is 0 Å². The highest BCUT2D eigenvalue weighted by atomic mass is 35.5. The highest BCUT2D eigenvalue weighted by molar-refractivity contribution is 6.30. The van der Waals surface area contributed by atoms with Crippen LogP contribution >= 0.6 is 11.6 Å². The highest BCUT2D eigenvalue weighted by Crippen LogP contribution is 2.41. The first kappa shape index (κ1) is 22.7. The van der Waals surface area contributed by atoms with Gasteiger partial charge in [0, 0.05) is 10.7 Å². The summed E-state index contributed by atoms with van der Waals surface area (Å²) in [6.45, 7) is 4.56. The smallest absolute Gasteiger partial charge is 0.338 e. The van der Waals surface area contributed by atoms with Crippen molar-refractivity contribution < 1.29 is 23.8 Å². The molecule has 1 fully saturated rings. The van der Waals surface area contributed by atoms with E-state index in [-0.39, 0.29) is 11.9 Å². The van der Waals surface area contributed by atoms with E-state index in [4.69, 9.17) is 25.8 Å². The van der Waals surface area contributed by atoms with Crippen LogP contribution in [0, 0.1) is 0 Å². The number of carbonyl (C=O) groups is 2. The lowest BCUT2D eigenvalue weighted by atomic mass is 9.89. The van der Waals surface area contributed by atoms with Crippen molar-refractivity contribution in [3.8, 4) is 11.5 Å². The number of ether oxygens (including phenoxy) is 3. The van der Waals surface area contributed by atoms with Gasteiger partial charge in [-0.05, 0) is 80.1 Å². The van der Waals surface area contributed by atoms with E-state index >= 15 is 0 Å². The average molecular weight is 466 g/mol. The second-order valence-corrected chi connectivity index (χ2v) is 7.85. The van der Waals surface area contributed by atoms with E-state index in [0.29, 0.717) is 35.2 Å². The molecule has 33 heavy (non-hydrogen) atoms. The van der Waals surface area contributed by atoms with Crippen LogP contribution in [-0.2, 0) is 9.53 Å². The molecule has 0 bridgehead atoms. The van der Waals surface area contributed by atoms with E-state index < -0.39 is 12.1 Å². The Bertz CT molecular complexity index is 1110. The molecule has 1 saturated heterocycles. The van der Waals surface area contributed by atoms with Gasteiger partial charge in [-0.2, -0.15) is 0 Å². The van der Waals surface area contributed by atoms with E-state index in [2.05, 4.69) is 0 Å². The van der Waals surface area contributed by atoms with Crippen LogP contribution in [-0.4, -0.2) is 31.2 Å². The van der Waals surface area contributed by atoms with Gasteiger partial charge < -0.3 is 14.2 Å². The maximum absolute atomic E-state index is 13.2. The molecule has 0 N–H and O–H groups in total. The lowest BCUT2D eigenvalue weighted by Crippen LogP contribution is -2.61. The zero-order valence-corrected chi connectivity index (χ0v) is 19.1. The molecular weight excluding hydrogens is 442 g/mol. The zero-order chi connectivity index (χ0) is 23.4. The predicted octanol–water partition coefficient (Wildman–Crippen LogP) is 5.45. The fourth-order valence-electron chi connectivity index (χ4n) is 3.75. The van der Waals surface area contributed by atoms with Gasteiger partial charge in [0.15, 0.2) is 0 Å². The van der Waals surface area contributed by atoms with E-state index in [1.807, 2.05) is 31.2 Å². The van der Waals surface area contributed by atoms with Crippen LogP contribution in [0.2, 0.25) is 5.02 Å². The Morgan fingerprint density at radius 2 is 1.52 bits per heavy atom. The number of esters is 1. The fourth-order valence-corrected chi connectivity index (χ4v) is 3.88. The molecule has 2 atom stereocenters. The number of halogens is 1. The van der Waals surface area contributed by atoms with Gasteiger partial charge in [-0.15, -0.1) is 0 Å². The summed E-state index contributed by atoms with van der Waals surface area (Å²) in [7, 11) is 0. The Kier molecular flexibility index (Phi) is 6.84. The van der Waals surface area contributed by atoms with Crippen molar-refractivity contribution in [1.82, 2.24) is 0 Å². The summed E-state index contributed by atoms with van der Waals surface area (Å²) in [5, 5.41) is 0.591. The topological polar surface area (TPSA) is 65.1 Å². The van der Waals surface area contributed by atoms with E-state index in [9.17, 15) is 9.59 Å². The Morgan fingerprint density at radius 1 is 0.879 bits per heavy atom. The fraction of sp³-hybridized carbons (Fsp3) is 0.231. The first-order valence-electron chi connectivity index (χ1n) is 10.8. The third-order valence-corrected chi connectivity index (χ3v) is 5.56. The largest absolute Gasteiger partial charge is 0.494 e. The molecule has 1 aliphatic heterocycles. The molecule has 1 heterocycles. The second kappa shape index (κ2) is 9.96. The van der Waals surface area contributed by atoms with Crippen molar-refractivity contribution in [3.63, 3.8) is 0 Å². The molecule has 7 heteroatoms. The quantitative estimate of drug-likeness (QED) is 0.327. The summed E-state index contributed by atoms with van der Waals surface area (Å²) < 4.78 is 16.6. The van der Waals surface area contributed by atoms with E-state index in [1.54, 1.807) is 60.4 Å². The normalized spacial score (nSPS) is 17.3. The highest BCUT2D eigenvalue weighted by Gasteiger charge is 2.51.